The van der Waals surface area contributed by atoms with Crippen molar-refractivity contribution in [2.24, 2.45) is 5.92 Å². The molecule has 1 aliphatic carbocycles. The summed E-state index contributed by atoms with van der Waals surface area (Å²) >= 11 is 5.96. The molecule has 2 aromatic rings. The highest BCUT2D eigenvalue weighted by molar-refractivity contribution is 6.30. The van der Waals surface area contributed by atoms with Crippen LogP contribution in [0.5, 0.6) is 5.75 Å². The van der Waals surface area contributed by atoms with E-state index in [1.165, 1.54) is 6.42 Å². The molecule has 0 aromatic heterocycles. The lowest BCUT2D eigenvalue weighted by Gasteiger charge is -2.28. The summed E-state index contributed by atoms with van der Waals surface area (Å²) in [7, 11) is 1.60. The van der Waals surface area contributed by atoms with Crippen LogP contribution in [-0.2, 0) is 4.79 Å². The Morgan fingerprint density at radius 1 is 1.21 bits per heavy atom. The Morgan fingerprint density at radius 2 is 1.92 bits per heavy atom. The quantitative estimate of drug-likeness (QED) is 0.765. The van der Waals surface area contributed by atoms with Gasteiger partial charge in [-0.05, 0) is 53.3 Å². The summed E-state index contributed by atoms with van der Waals surface area (Å²) < 4.78 is 5.40. The number of hydrogen-bond donors (Lipinski definition) is 1. The Bertz CT molecular complexity index is 720. The van der Waals surface area contributed by atoms with Crippen molar-refractivity contribution in [2.75, 3.05) is 7.11 Å². The number of ether oxygens (including phenoxy) is 1. The second kappa shape index (κ2) is 7.27. The zero-order chi connectivity index (χ0) is 17.1. The third kappa shape index (κ3) is 3.73. The van der Waals surface area contributed by atoms with Gasteiger partial charge in [-0.25, -0.2) is 0 Å². The zero-order valence-corrected chi connectivity index (χ0v) is 14.4. The van der Waals surface area contributed by atoms with Gasteiger partial charge in [-0.15, -0.1) is 0 Å². The third-order valence-corrected chi connectivity index (χ3v) is 5.09. The summed E-state index contributed by atoms with van der Waals surface area (Å²) in [5.41, 5.74) is 2.74. The van der Waals surface area contributed by atoms with Crippen LogP contribution < -0.4 is 4.74 Å². The van der Waals surface area contributed by atoms with E-state index in [1.54, 1.807) is 7.11 Å². The number of carboxylic acids is 1. The van der Waals surface area contributed by atoms with E-state index in [4.69, 9.17) is 16.3 Å². The molecular formula is C20H21ClO3. The van der Waals surface area contributed by atoms with Gasteiger partial charge in [-0.3, -0.25) is 4.79 Å². The minimum Gasteiger partial charge on any atom is -0.497 e. The zero-order valence-electron chi connectivity index (χ0n) is 13.7. The summed E-state index contributed by atoms with van der Waals surface area (Å²) in [4.78, 5) is 11.8. The average molecular weight is 345 g/mol. The number of aliphatic carboxylic acids is 1. The van der Waals surface area contributed by atoms with E-state index in [2.05, 4.69) is 0 Å². The predicted octanol–water partition coefficient (Wildman–Crippen LogP) is 5.37. The molecule has 4 heteroatoms. The highest BCUT2D eigenvalue weighted by atomic mass is 35.5. The molecule has 0 radical (unpaired) electrons. The van der Waals surface area contributed by atoms with Gasteiger partial charge in [-0.1, -0.05) is 49.1 Å². The SMILES string of the molecule is COc1cc(-c2ccc(Cl)cc2)cc(C(CC2CCC2)C(=O)O)c1. The first-order valence-electron chi connectivity index (χ1n) is 8.24. The van der Waals surface area contributed by atoms with Gasteiger partial charge in [-0.2, -0.15) is 0 Å². The second-order valence-corrected chi connectivity index (χ2v) is 6.86. The number of methoxy groups -OCH3 is 1. The van der Waals surface area contributed by atoms with Crippen molar-refractivity contribution < 1.29 is 14.6 Å². The van der Waals surface area contributed by atoms with Crippen molar-refractivity contribution in [1.82, 2.24) is 0 Å². The van der Waals surface area contributed by atoms with Crippen LogP contribution in [0.2, 0.25) is 5.02 Å². The molecule has 0 spiro atoms. The highest BCUT2D eigenvalue weighted by Crippen LogP contribution is 2.38. The van der Waals surface area contributed by atoms with Crippen LogP contribution in [0.1, 0.15) is 37.2 Å². The van der Waals surface area contributed by atoms with Crippen molar-refractivity contribution in [1.29, 1.82) is 0 Å². The van der Waals surface area contributed by atoms with Crippen molar-refractivity contribution in [3.8, 4) is 16.9 Å². The maximum absolute atomic E-state index is 11.8. The molecule has 1 atom stereocenters. The first-order chi connectivity index (χ1) is 11.6. The summed E-state index contributed by atoms with van der Waals surface area (Å²) in [6.45, 7) is 0. The van der Waals surface area contributed by atoms with Crippen molar-refractivity contribution in [3.63, 3.8) is 0 Å². The van der Waals surface area contributed by atoms with Gasteiger partial charge in [0.05, 0.1) is 13.0 Å². The van der Waals surface area contributed by atoms with Gasteiger partial charge >= 0.3 is 5.97 Å². The number of hydrogen-bond acceptors (Lipinski definition) is 2. The van der Waals surface area contributed by atoms with Crippen LogP contribution in [0, 0.1) is 5.92 Å². The Hall–Kier alpha value is -2.00. The van der Waals surface area contributed by atoms with Crippen LogP contribution in [0.15, 0.2) is 42.5 Å². The lowest BCUT2D eigenvalue weighted by molar-refractivity contribution is -0.139. The summed E-state index contributed by atoms with van der Waals surface area (Å²) in [5.74, 6) is -0.0535. The van der Waals surface area contributed by atoms with Gasteiger partial charge in [0.2, 0.25) is 0 Å². The second-order valence-electron chi connectivity index (χ2n) is 6.43. The molecule has 1 fully saturated rings. The molecule has 1 N–H and O–H groups in total. The molecule has 24 heavy (non-hydrogen) atoms. The molecule has 2 aromatic carbocycles. The number of benzene rings is 2. The normalized spacial score (nSPS) is 15.6. The number of carbonyl (C=O) groups is 1. The average Bonchev–Trinajstić information content (AvgIpc) is 2.53. The van der Waals surface area contributed by atoms with E-state index in [1.807, 2.05) is 42.5 Å². The Morgan fingerprint density at radius 3 is 2.46 bits per heavy atom. The molecule has 0 saturated heterocycles. The van der Waals surface area contributed by atoms with Gasteiger partial charge < -0.3 is 9.84 Å². The number of carboxylic acid groups (broad SMARTS) is 1. The minimum absolute atomic E-state index is 0.489. The molecule has 1 saturated carbocycles. The maximum Gasteiger partial charge on any atom is 0.310 e. The van der Waals surface area contributed by atoms with Crippen molar-refractivity contribution in [2.45, 2.75) is 31.6 Å². The Balaban J connectivity index is 1.97. The molecule has 0 heterocycles. The van der Waals surface area contributed by atoms with Crippen molar-refractivity contribution >= 4 is 17.6 Å². The monoisotopic (exact) mass is 344 g/mol. The summed E-state index contributed by atoms with van der Waals surface area (Å²) in [6.07, 6.45) is 4.18. The molecule has 3 nitrogen and oxygen atoms in total. The predicted molar refractivity (Wildman–Crippen MR) is 95.8 cm³/mol. The fraction of sp³-hybridized carbons (Fsp3) is 0.350. The van der Waals surface area contributed by atoms with Gasteiger partial charge in [0.15, 0.2) is 0 Å². The van der Waals surface area contributed by atoms with Crippen LogP contribution in [0.4, 0.5) is 0 Å². The molecule has 1 unspecified atom stereocenters. The molecule has 1 aliphatic rings. The maximum atomic E-state index is 11.8. The van der Waals surface area contributed by atoms with E-state index in [-0.39, 0.29) is 0 Å². The molecule has 0 amide bonds. The molecule has 3 rings (SSSR count). The third-order valence-electron chi connectivity index (χ3n) is 4.84. The van der Waals surface area contributed by atoms with E-state index < -0.39 is 11.9 Å². The molecule has 126 valence electrons. The standard InChI is InChI=1S/C20H21ClO3/c1-24-18-11-15(14-5-7-17(21)8-6-14)10-16(12-18)19(20(22)23)9-13-3-2-4-13/h5-8,10-13,19H,2-4,9H2,1H3,(H,22,23). The Labute approximate surface area is 147 Å². The fourth-order valence-corrected chi connectivity index (χ4v) is 3.32. The van der Waals surface area contributed by atoms with Crippen LogP contribution >= 0.6 is 11.6 Å². The van der Waals surface area contributed by atoms with E-state index in [9.17, 15) is 9.90 Å². The fourth-order valence-electron chi connectivity index (χ4n) is 3.19. The largest absolute Gasteiger partial charge is 0.497 e. The number of rotatable bonds is 6. The lowest BCUT2D eigenvalue weighted by atomic mass is 9.77. The number of halogens is 1. The molecular weight excluding hydrogens is 324 g/mol. The van der Waals surface area contributed by atoms with Gasteiger partial charge in [0.1, 0.15) is 5.75 Å². The van der Waals surface area contributed by atoms with E-state index in [0.29, 0.717) is 23.1 Å². The minimum atomic E-state index is -0.766. The molecule has 0 bridgehead atoms. The topological polar surface area (TPSA) is 46.5 Å². The highest BCUT2D eigenvalue weighted by Gasteiger charge is 2.28. The van der Waals surface area contributed by atoms with Crippen LogP contribution in [0.25, 0.3) is 11.1 Å². The summed E-state index contributed by atoms with van der Waals surface area (Å²) in [5, 5.41) is 10.4. The first kappa shape index (κ1) is 16.8. The van der Waals surface area contributed by atoms with E-state index >= 15 is 0 Å². The van der Waals surface area contributed by atoms with E-state index in [0.717, 1.165) is 29.5 Å². The first-order valence-corrected chi connectivity index (χ1v) is 8.62. The van der Waals surface area contributed by atoms with Crippen LogP contribution in [-0.4, -0.2) is 18.2 Å². The van der Waals surface area contributed by atoms with Gasteiger partial charge in [0.25, 0.3) is 0 Å². The van der Waals surface area contributed by atoms with Crippen molar-refractivity contribution in [3.05, 3.63) is 53.1 Å². The summed E-state index contributed by atoms with van der Waals surface area (Å²) in [6, 6.07) is 13.3. The Kier molecular flexibility index (Phi) is 5.10. The van der Waals surface area contributed by atoms with Gasteiger partial charge in [0, 0.05) is 5.02 Å². The lowest BCUT2D eigenvalue weighted by Crippen LogP contribution is -2.20. The molecule has 0 aliphatic heterocycles. The van der Waals surface area contributed by atoms with Crippen LogP contribution in [0.3, 0.4) is 0 Å². The smallest absolute Gasteiger partial charge is 0.310 e.